The second-order valence-electron chi connectivity index (χ2n) is 10.4. The summed E-state index contributed by atoms with van der Waals surface area (Å²) in [4.78, 5) is 32.1. The van der Waals surface area contributed by atoms with Crippen LogP contribution >= 0.6 is 0 Å². The molecule has 0 radical (unpaired) electrons. The largest absolute Gasteiger partial charge is 0.506 e. The van der Waals surface area contributed by atoms with Crippen molar-refractivity contribution in [3.63, 3.8) is 0 Å². The van der Waals surface area contributed by atoms with E-state index in [2.05, 4.69) is 33.6 Å². The first-order valence-corrected chi connectivity index (χ1v) is 14.3. The van der Waals surface area contributed by atoms with Gasteiger partial charge in [0.1, 0.15) is 23.1 Å². The summed E-state index contributed by atoms with van der Waals surface area (Å²) in [5, 5.41) is 34.7. The van der Waals surface area contributed by atoms with Crippen molar-refractivity contribution in [2.45, 2.75) is 92.9 Å². The fourth-order valence-electron chi connectivity index (χ4n) is 5.08. The highest BCUT2D eigenvalue weighted by Crippen LogP contribution is 2.35. The van der Waals surface area contributed by atoms with Crippen molar-refractivity contribution in [1.82, 2.24) is 9.97 Å². The third kappa shape index (κ3) is 8.22. The normalized spacial score (nSPS) is 13.8. The number of aryl methyl sites for hydroxylation is 2. The first-order chi connectivity index (χ1) is 18.9. The summed E-state index contributed by atoms with van der Waals surface area (Å²) in [6, 6.07) is 0. The van der Waals surface area contributed by atoms with Crippen LogP contribution in [0.15, 0.2) is 0 Å². The van der Waals surface area contributed by atoms with Crippen molar-refractivity contribution in [3.8, 4) is 11.5 Å². The number of rotatable bonds is 6. The monoisotopic (exact) mass is 558 g/mol. The van der Waals surface area contributed by atoms with Crippen molar-refractivity contribution in [2.24, 2.45) is 0 Å². The Morgan fingerprint density at radius 1 is 0.700 bits per heavy atom. The highest BCUT2D eigenvalue weighted by Gasteiger charge is 2.23. The Bertz CT molecular complexity index is 1090. The molecule has 0 saturated heterocycles. The molecule has 0 atom stereocenters. The van der Waals surface area contributed by atoms with Crippen LogP contribution in [0.4, 0.5) is 11.6 Å². The summed E-state index contributed by atoms with van der Waals surface area (Å²) in [5.41, 5.74) is 6.04. The number of carboxylic acid groups (broad SMARTS) is 2. The number of carboxylic acids is 2. The molecule has 2 aromatic rings. The van der Waals surface area contributed by atoms with Gasteiger partial charge in [-0.25, -0.2) is 19.6 Å². The van der Waals surface area contributed by atoms with Gasteiger partial charge < -0.3 is 30.2 Å². The Balaban J connectivity index is 0.000000234. The van der Waals surface area contributed by atoms with Gasteiger partial charge in [0.25, 0.3) is 0 Å². The van der Waals surface area contributed by atoms with Crippen LogP contribution in [0.2, 0.25) is 0 Å². The van der Waals surface area contributed by atoms with Gasteiger partial charge in [0.05, 0.1) is 11.4 Å². The molecule has 2 aromatic heterocycles. The Labute approximate surface area is 237 Å². The zero-order chi connectivity index (χ0) is 30.0. The maximum absolute atomic E-state index is 9.94. The molecule has 0 fully saturated rings. The SMILES string of the molecule is CCCCN1CCCc2c1nc(C)c(O)c2C.CCCCN1CCCc2c1nc(C)c(O)c2C.O=C(O)C(=O)O. The number of hydrogen-bond donors (Lipinski definition) is 4. The molecule has 0 aliphatic carbocycles. The fourth-order valence-corrected chi connectivity index (χ4v) is 5.08. The Hall–Kier alpha value is -3.56. The molecule has 0 amide bonds. The fraction of sp³-hybridized carbons (Fsp3) is 0.600. The number of fused-ring (bicyclic) bond motifs is 2. The van der Waals surface area contributed by atoms with Crippen LogP contribution in [0.1, 0.15) is 86.0 Å². The van der Waals surface area contributed by atoms with E-state index >= 15 is 0 Å². The number of pyridine rings is 2. The number of aromatic nitrogens is 2. The molecule has 4 N–H and O–H groups in total. The van der Waals surface area contributed by atoms with Crippen molar-refractivity contribution in [2.75, 3.05) is 36.0 Å². The first-order valence-electron chi connectivity index (χ1n) is 14.3. The van der Waals surface area contributed by atoms with Crippen LogP contribution in [0.3, 0.4) is 0 Å². The van der Waals surface area contributed by atoms with E-state index in [-0.39, 0.29) is 0 Å². The van der Waals surface area contributed by atoms with Gasteiger partial charge in [-0.2, -0.15) is 0 Å². The Kier molecular flexibility index (Phi) is 12.5. The summed E-state index contributed by atoms with van der Waals surface area (Å²) >= 11 is 0. The smallest absolute Gasteiger partial charge is 0.414 e. The van der Waals surface area contributed by atoms with Crippen LogP contribution < -0.4 is 9.80 Å². The number of aromatic hydroxyl groups is 2. The van der Waals surface area contributed by atoms with Gasteiger partial charge in [-0.05, 0) is 77.3 Å². The van der Waals surface area contributed by atoms with E-state index in [0.29, 0.717) is 11.5 Å². The van der Waals surface area contributed by atoms with E-state index in [0.717, 1.165) is 73.2 Å². The van der Waals surface area contributed by atoms with Gasteiger partial charge in [0.15, 0.2) is 0 Å². The molecule has 2 aliphatic rings. The predicted octanol–water partition coefficient (Wildman–Crippen LogP) is 5.07. The lowest BCUT2D eigenvalue weighted by molar-refractivity contribution is -0.159. The van der Waals surface area contributed by atoms with Gasteiger partial charge in [-0.3, -0.25) is 0 Å². The highest BCUT2D eigenvalue weighted by atomic mass is 16.4. The summed E-state index contributed by atoms with van der Waals surface area (Å²) in [6.07, 6.45) is 9.27. The third-order valence-corrected chi connectivity index (χ3v) is 7.44. The number of carbonyl (C=O) groups is 2. The average molecular weight is 559 g/mol. The molecule has 0 aromatic carbocycles. The number of nitrogens with zero attached hydrogens (tertiary/aromatic N) is 4. The number of aliphatic carboxylic acids is 2. The lowest BCUT2D eigenvalue weighted by Gasteiger charge is -2.31. The van der Waals surface area contributed by atoms with E-state index in [1.807, 2.05) is 27.7 Å². The van der Waals surface area contributed by atoms with Crippen LogP contribution in [0.5, 0.6) is 11.5 Å². The lowest BCUT2D eigenvalue weighted by atomic mass is 9.99. The van der Waals surface area contributed by atoms with E-state index in [1.165, 1.54) is 49.7 Å². The van der Waals surface area contributed by atoms with Crippen LogP contribution in [-0.2, 0) is 22.4 Å². The minimum atomic E-state index is -1.82. The number of unbranched alkanes of at least 4 members (excludes halogenated alkanes) is 2. The van der Waals surface area contributed by atoms with Crippen molar-refractivity contribution in [1.29, 1.82) is 0 Å². The van der Waals surface area contributed by atoms with Gasteiger partial charge in [-0.1, -0.05) is 26.7 Å². The molecule has 10 nitrogen and oxygen atoms in total. The molecule has 4 heterocycles. The maximum Gasteiger partial charge on any atom is 0.414 e. The number of hydrogen-bond acceptors (Lipinski definition) is 8. The zero-order valence-electron chi connectivity index (χ0n) is 24.9. The topological polar surface area (TPSA) is 147 Å². The van der Waals surface area contributed by atoms with Gasteiger partial charge >= 0.3 is 11.9 Å². The molecule has 4 rings (SSSR count). The maximum atomic E-state index is 9.94. The molecule has 0 saturated carbocycles. The van der Waals surface area contributed by atoms with Crippen LogP contribution in [0, 0.1) is 27.7 Å². The second kappa shape index (κ2) is 15.3. The van der Waals surface area contributed by atoms with Gasteiger partial charge in [0, 0.05) is 37.3 Å². The second-order valence-corrected chi connectivity index (χ2v) is 10.4. The lowest BCUT2D eigenvalue weighted by Crippen LogP contribution is -2.31. The minimum Gasteiger partial charge on any atom is -0.506 e. The van der Waals surface area contributed by atoms with E-state index in [1.54, 1.807) is 0 Å². The molecular weight excluding hydrogens is 512 g/mol. The summed E-state index contributed by atoms with van der Waals surface area (Å²) < 4.78 is 0. The van der Waals surface area contributed by atoms with Crippen LogP contribution in [0.25, 0.3) is 0 Å². The molecule has 10 heteroatoms. The Morgan fingerprint density at radius 3 is 1.35 bits per heavy atom. The molecule has 222 valence electrons. The summed E-state index contributed by atoms with van der Waals surface area (Å²) in [5.74, 6) is -0.679. The Morgan fingerprint density at radius 2 is 1.05 bits per heavy atom. The van der Waals surface area contributed by atoms with Gasteiger partial charge in [-0.15, -0.1) is 0 Å². The standard InChI is InChI=1S/2C14H22N2O.C2H2O4/c2*1-4-5-8-16-9-6-7-12-10(2)13(17)11(3)15-14(12)16;3-1(4)2(5)6/h2*17H,4-9H2,1-3H3;(H,3,4)(H,5,6). The van der Waals surface area contributed by atoms with E-state index in [4.69, 9.17) is 19.8 Å². The van der Waals surface area contributed by atoms with Crippen LogP contribution in [-0.4, -0.2) is 68.5 Å². The van der Waals surface area contributed by atoms with E-state index in [9.17, 15) is 10.2 Å². The number of anilines is 2. The average Bonchev–Trinajstić information content (AvgIpc) is 2.93. The minimum absolute atomic E-state index is 0.376. The summed E-state index contributed by atoms with van der Waals surface area (Å²) in [7, 11) is 0. The summed E-state index contributed by atoms with van der Waals surface area (Å²) in [6.45, 7) is 16.6. The first kappa shape index (κ1) is 32.7. The molecule has 2 aliphatic heterocycles. The molecule has 0 unspecified atom stereocenters. The highest BCUT2D eigenvalue weighted by molar-refractivity contribution is 6.27. The molecule has 0 bridgehead atoms. The van der Waals surface area contributed by atoms with Crippen molar-refractivity contribution in [3.05, 3.63) is 33.6 Å². The van der Waals surface area contributed by atoms with Crippen molar-refractivity contribution >= 4 is 23.6 Å². The molecule has 40 heavy (non-hydrogen) atoms. The zero-order valence-corrected chi connectivity index (χ0v) is 24.9. The predicted molar refractivity (Wildman–Crippen MR) is 157 cm³/mol. The third-order valence-electron chi connectivity index (χ3n) is 7.44. The van der Waals surface area contributed by atoms with E-state index < -0.39 is 11.9 Å². The molecular formula is C30H46N4O6. The van der Waals surface area contributed by atoms with Crippen molar-refractivity contribution < 1.29 is 30.0 Å². The molecule has 0 spiro atoms. The van der Waals surface area contributed by atoms with Gasteiger partial charge in [0.2, 0.25) is 0 Å². The quantitative estimate of drug-likeness (QED) is 0.354.